The first-order chi connectivity index (χ1) is 13.6. The Morgan fingerprint density at radius 3 is 2.82 bits per heavy atom. The number of hydrogen-bond donors (Lipinski definition) is 1. The smallest absolute Gasteiger partial charge is 0.265 e. The first kappa shape index (κ1) is 17.0. The summed E-state index contributed by atoms with van der Waals surface area (Å²) in [4.78, 5) is 28.0. The van der Waals surface area contributed by atoms with Crippen molar-refractivity contribution in [2.24, 2.45) is 0 Å². The van der Waals surface area contributed by atoms with E-state index in [1.807, 2.05) is 48.5 Å². The molecule has 5 nitrogen and oxygen atoms in total. The van der Waals surface area contributed by atoms with Gasteiger partial charge in [-0.1, -0.05) is 12.1 Å². The van der Waals surface area contributed by atoms with Crippen molar-refractivity contribution in [3.05, 3.63) is 64.5 Å². The van der Waals surface area contributed by atoms with Crippen LogP contribution in [0.5, 0.6) is 5.75 Å². The van der Waals surface area contributed by atoms with Gasteiger partial charge in [-0.2, -0.15) is 0 Å². The molecule has 0 unspecified atom stereocenters. The molecule has 0 radical (unpaired) electrons. The van der Waals surface area contributed by atoms with Gasteiger partial charge in [0.1, 0.15) is 12.4 Å². The predicted molar refractivity (Wildman–Crippen MR) is 110 cm³/mol. The Kier molecular flexibility index (Phi) is 3.94. The number of ether oxygens (including phenoxy) is 1. The molecule has 1 N–H and O–H groups in total. The highest BCUT2D eigenvalue weighted by Gasteiger charge is 2.24. The molecule has 0 spiro atoms. The van der Waals surface area contributed by atoms with Gasteiger partial charge in [0, 0.05) is 40.8 Å². The first-order valence-electron chi connectivity index (χ1n) is 9.17. The minimum atomic E-state index is -0.127. The van der Waals surface area contributed by atoms with E-state index in [1.165, 1.54) is 11.3 Å². The van der Waals surface area contributed by atoms with Crippen LogP contribution in [0.15, 0.2) is 48.5 Å². The fourth-order valence-corrected chi connectivity index (χ4v) is 4.90. The van der Waals surface area contributed by atoms with Crippen molar-refractivity contribution in [2.45, 2.75) is 20.0 Å². The van der Waals surface area contributed by atoms with Gasteiger partial charge in [-0.25, -0.2) is 0 Å². The number of benzene rings is 2. The Balaban J connectivity index is 1.39. The van der Waals surface area contributed by atoms with Crippen LogP contribution in [-0.4, -0.2) is 18.4 Å². The SMILES string of the molecule is CC(=O)N1CCc2cc(NC(=O)c3cc4c(s3)-c3ccccc3OC4)ccc21. The highest BCUT2D eigenvalue weighted by Crippen LogP contribution is 2.42. The van der Waals surface area contributed by atoms with Crippen LogP contribution in [-0.2, 0) is 17.8 Å². The maximum absolute atomic E-state index is 12.8. The molecule has 0 atom stereocenters. The van der Waals surface area contributed by atoms with Crippen LogP contribution in [0.3, 0.4) is 0 Å². The zero-order chi connectivity index (χ0) is 19.3. The number of amides is 2. The van der Waals surface area contributed by atoms with Gasteiger partial charge in [-0.15, -0.1) is 11.3 Å². The molecule has 28 heavy (non-hydrogen) atoms. The molecule has 140 valence electrons. The van der Waals surface area contributed by atoms with E-state index in [1.54, 1.807) is 11.8 Å². The summed E-state index contributed by atoms with van der Waals surface area (Å²) in [6, 6.07) is 15.5. The van der Waals surface area contributed by atoms with Crippen LogP contribution >= 0.6 is 11.3 Å². The van der Waals surface area contributed by atoms with Crippen molar-refractivity contribution < 1.29 is 14.3 Å². The maximum atomic E-state index is 12.8. The minimum absolute atomic E-state index is 0.0437. The molecule has 0 bridgehead atoms. The molecule has 2 aliphatic heterocycles. The number of fused-ring (bicyclic) bond motifs is 4. The van der Waals surface area contributed by atoms with Crippen LogP contribution in [0.25, 0.3) is 10.4 Å². The second-order valence-corrected chi connectivity index (χ2v) is 8.02. The number of carbonyl (C=O) groups excluding carboxylic acids is 2. The third-order valence-electron chi connectivity index (χ3n) is 5.16. The quantitative estimate of drug-likeness (QED) is 0.702. The summed E-state index contributed by atoms with van der Waals surface area (Å²) < 4.78 is 5.78. The zero-order valence-electron chi connectivity index (χ0n) is 15.3. The highest BCUT2D eigenvalue weighted by molar-refractivity contribution is 7.17. The van der Waals surface area contributed by atoms with Gasteiger partial charge < -0.3 is 15.0 Å². The van der Waals surface area contributed by atoms with E-state index in [9.17, 15) is 9.59 Å². The fourth-order valence-electron chi connectivity index (χ4n) is 3.81. The molecule has 3 aromatic rings. The van der Waals surface area contributed by atoms with E-state index in [0.717, 1.165) is 45.1 Å². The van der Waals surface area contributed by atoms with E-state index >= 15 is 0 Å². The van der Waals surface area contributed by atoms with Crippen LogP contribution in [0.4, 0.5) is 11.4 Å². The van der Waals surface area contributed by atoms with Gasteiger partial charge in [0.05, 0.1) is 4.88 Å². The van der Waals surface area contributed by atoms with Crippen molar-refractivity contribution in [3.8, 4) is 16.2 Å². The van der Waals surface area contributed by atoms with Crippen LogP contribution in [0, 0.1) is 0 Å². The van der Waals surface area contributed by atoms with Crippen LogP contribution in [0.2, 0.25) is 0 Å². The number of anilines is 2. The molecule has 2 aromatic carbocycles. The van der Waals surface area contributed by atoms with Crippen molar-refractivity contribution in [2.75, 3.05) is 16.8 Å². The normalized spacial score (nSPS) is 14.0. The lowest BCUT2D eigenvalue weighted by Gasteiger charge is -2.16. The molecule has 0 saturated carbocycles. The average Bonchev–Trinajstić information content (AvgIpc) is 3.32. The Morgan fingerprint density at radius 1 is 1.11 bits per heavy atom. The van der Waals surface area contributed by atoms with Gasteiger partial charge in [-0.05, 0) is 48.4 Å². The van der Waals surface area contributed by atoms with E-state index in [-0.39, 0.29) is 11.8 Å². The summed E-state index contributed by atoms with van der Waals surface area (Å²) in [5, 5.41) is 2.99. The topological polar surface area (TPSA) is 58.6 Å². The molecule has 2 amide bonds. The number of carbonyl (C=O) groups is 2. The summed E-state index contributed by atoms with van der Waals surface area (Å²) in [7, 11) is 0. The molecule has 0 aliphatic carbocycles. The van der Waals surface area contributed by atoms with E-state index < -0.39 is 0 Å². The molecular formula is C22H18N2O3S. The van der Waals surface area contributed by atoms with E-state index in [2.05, 4.69) is 5.32 Å². The average molecular weight is 390 g/mol. The Hall–Kier alpha value is -3.12. The maximum Gasteiger partial charge on any atom is 0.265 e. The summed E-state index contributed by atoms with van der Waals surface area (Å²) in [5.74, 6) is 0.776. The third-order valence-corrected chi connectivity index (χ3v) is 6.37. The monoisotopic (exact) mass is 390 g/mol. The fraction of sp³-hybridized carbons (Fsp3) is 0.182. The van der Waals surface area contributed by atoms with Crippen LogP contribution < -0.4 is 15.0 Å². The van der Waals surface area contributed by atoms with E-state index in [4.69, 9.17) is 4.74 Å². The Morgan fingerprint density at radius 2 is 1.96 bits per heavy atom. The molecule has 5 rings (SSSR count). The Bertz CT molecular complexity index is 1120. The summed E-state index contributed by atoms with van der Waals surface area (Å²) in [6.07, 6.45) is 0.806. The third kappa shape index (κ3) is 2.77. The molecule has 2 aliphatic rings. The lowest BCUT2D eigenvalue weighted by Crippen LogP contribution is -2.25. The lowest BCUT2D eigenvalue weighted by atomic mass is 10.1. The largest absolute Gasteiger partial charge is 0.488 e. The van der Waals surface area contributed by atoms with Gasteiger partial charge in [-0.3, -0.25) is 9.59 Å². The van der Waals surface area contributed by atoms with Crippen molar-refractivity contribution >= 4 is 34.5 Å². The predicted octanol–water partition coefficient (Wildman–Crippen LogP) is 4.47. The molecule has 0 fully saturated rings. The minimum Gasteiger partial charge on any atom is -0.488 e. The standard InChI is InChI=1S/C22H18N2O3S/c1-13(25)24-9-8-14-10-16(6-7-18(14)24)23-22(26)20-11-15-12-27-19-5-3-2-4-17(19)21(15)28-20/h2-7,10-11H,8-9,12H2,1H3,(H,23,26). The van der Waals surface area contributed by atoms with Crippen molar-refractivity contribution in [3.63, 3.8) is 0 Å². The summed E-state index contributed by atoms with van der Waals surface area (Å²) in [5.41, 5.74) is 4.85. The zero-order valence-corrected chi connectivity index (χ0v) is 16.1. The van der Waals surface area contributed by atoms with Crippen LogP contribution in [0.1, 0.15) is 27.7 Å². The Labute approximate surface area is 166 Å². The van der Waals surface area contributed by atoms with Gasteiger partial charge in [0.2, 0.25) is 5.91 Å². The molecular weight excluding hydrogens is 372 g/mol. The summed E-state index contributed by atoms with van der Waals surface area (Å²) in [6.45, 7) is 2.75. The van der Waals surface area contributed by atoms with Crippen molar-refractivity contribution in [1.82, 2.24) is 0 Å². The number of hydrogen-bond acceptors (Lipinski definition) is 4. The second kappa shape index (κ2) is 6.49. The molecule has 3 heterocycles. The van der Waals surface area contributed by atoms with Crippen molar-refractivity contribution in [1.29, 1.82) is 0 Å². The molecule has 6 heteroatoms. The number of rotatable bonds is 2. The number of nitrogens with zero attached hydrogens (tertiary/aromatic N) is 1. The number of nitrogens with one attached hydrogen (secondary N) is 1. The van der Waals surface area contributed by atoms with Gasteiger partial charge >= 0.3 is 0 Å². The molecule has 0 saturated heterocycles. The lowest BCUT2D eigenvalue weighted by molar-refractivity contribution is -0.116. The number of thiophene rings is 1. The number of para-hydroxylation sites is 1. The molecule has 1 aromatic heterocycles. The van der Waals surface area contributed by atoms with Gasteiger partial charge in [0.25, 0.3) is 5.91 Å². The second-order valence-electron chi connectivity index (χ2n) is 6.97. The van der Waals surface area contributed by atoms with Gasteiger partial charge in [0.15, 0.2) is 0 Å². The first-order valence-corrected chi connectivity index (χ1v) is 9.99. The summed E-state index contributed by atoms with van der Waals surface area (Å²) >= 11 is 1.49. The highest BCUT2D eigenvalue weighted by atomic mass is 32.1. The van der Waals surface area contributed by atoms with E-state index in [0.29, 0.717) is 18.0 Å².